The normalized spacial score (nSPS) is 11.0. The number of amides is 1. The van der Waals surface area contributed by atoms with E-state index in [1.807, 2.05) is 0 Å². The molecule has 24 heavy (non-hydrogen) atoms. The fraction of sp³-hybridized carbons (Fsp3) is 0. The van der Waals surface area contributed by atoms with Crippen LogP contribution in [0.3, 0.4) is 0 Å². The van der Waals surface area contributed by atoms with Crippen LogP contribution in [0.5, 0.6) is 11.5 Å². The Morgan fingerprint density at radius 3 is 2.38 bits per heavy atom. The third kappa shape index (κ3) is 3.42. The Morgan fingerprint density at radius 1 is 1.12 bits per heavy atom. The number of carboxylic acid groups (broad SMARTS) is 1. The Kier molecular flexibility index (Phi) is 4.39. The highest BCUT2D eigenvalue weighted by Crippen LogP contribution is 2.31. The summed E-state index contributed by atoms with van der Waals surface area (Å²) in [4.78, 5) is 25.7. The van der Waals surface area contributed by atoms with Gasteiger partial charge in [-0.3, -0.25) is 9.35 Å². The topological polar surface area (TPSA) is 174 Å². The number of phenolic OH excluding ortho intramolecular Hbond substituents is 2. The molecular formula is C13H10N2O8S. The van der Waals surface area contributed by atoms with Crippen LogP contribution in [-0.2, 0) is 10.1 Å². The monoisotopic (exact) mass is 354 g/mol. The van der Waals surface area contributed by atoms with Crippen LogP contribution in [0.15, 0.2) is 35.4 Å². The van der Waals surface area contributed by atoms with E-state index in [0.717, 1.165) is 0 Å². The first-order chi connectivity index (χ1) is 11.1. The van der Waals surface area contributed by atoms with Crippen LogP contribution >= 0.6 is 0 Å². The van der Waals surface area contributed by atoms with Gasteiger partial charge in [0.15, 0.2) is 5.69 Å². The van der Waals surface area contributed by atoms with E-state index in [4.69, 9.17) is 9.66 Å². The number of nitrogens with zero attached hydrogens (tertiary/aromatic N) is 1. The molecular weight excluding hydrogens is 344 g/mol. The van der Waals surface area contributed by atoms with Gasteiger partial charge < -0.3 is 20.6 Å². The van der Waals surface area contributed by atoms with Crippen molar-refractivity contribution in [3.05, 3.63) is 41.7 Å². The number of nitrogens with one attached hydrogen (secondary N) is 1. The maximum Gasteiger partial charge on any atom is 0.356 e. The van der Waals surface area contributed by atoms with Crippen molar-refractivity contribution in [3.8, 4) is 11.5 Å². The highest BCUT2D eigenvalue weighted by molar-refractivity contribution is 7.86. The molecule has 0 saturated carbocycles. The first-order valence-corrected chi connectivity index (χ1v) is 7.58. The number of rotatable bonds is 4. The molecule has 0 aliphatic rings. The largest absolute Gasteiger partial charge is 0.507 e. The lowest BCUT2D eigenvalue weighted by molar-refractivity contribution is 0.0691. The number of carboxylic acids is 1. The predicted molar refractivity (Wildman–Crippen MR) is 78.7 cm³/mol. The van der Waals surface area contributed by atoms with Crippen molar-refractivity contribution in [1.29, 1.82) is 0 Å². The van der Waals surface area contributed by atoms with Crippen molar-refractivity contribution in [2.45, 2.75) is 4.90 Å². The summed E-state index contributed by atoms with van der Waals surface area (Å²) in [5.74, 6) is -4.25. The van der Waals surface area contributed by atoms with Crippen LogP contribution in [-0.4, -0.2) is 45.2 Å². The predicted octanol–water partition coefficient (Wildman–Crippen LogP) is 0.690. The number of carbonyl (C=O) groups excluding carboxylic acids is 1. The van der Waals surface area contributed by atoms with Crippen LogP contribution in [0.25, 0.3) is 0 Å². The van der Waals surface area contributed by atoms with E-state index in [0.29, 0.717) is 12.1 Å². The number of aromatic carboxylic acids is 1. The minimum absolute atomic E-state index is 0.173. The fourth-order valence-corrected chi connectivity index (χ4v) is 2.40. The molecule has 0 bridgehead atoms. The van der Waals surface area contributed by atoms with Crippen molar-refractivity contribution >= 4 is 27.7 Å². The minimum Gasteiger partial charge on any atom is -0.507 e. The second kappa shape index (κ2) is 6.14. The Bertz CT molecular complexity index is 939. The van der Waals surface area contributed by atoms with Gasteiger partial charge in [0.05, 0.1) is 11.3 Å². The maximum atomic E-state index is 12.1. The van der Waals surface area contributed by atoms with E-state index in [2.05, 4.69) is 10.3 Å². The smallest absolute Gasteiger partial charge is 0.356 e. The number of hydrogen-bond acceptors (Lipinski definition) is 7. The van der Waals surface area contributed by atoms with Crippen LogP contribution in [0.2, 0.25) is 0 Å². The van der Waals surface area contributed by atoms with Crippen LogP contribution in [0, 0.1) is 0 Å². The molecule has 2 rings (SSSR count). The van der Waals surface area contributed by atoms with E-state index in [1.165, 1.54) is 18.3 Å². The van der Waals surface area contributed by atoms with Crippen molar-refractivity contribution in [2.24, 2.45) is 0 Å². The van der Waals surface area contributed by atoms with E-state index < -0.39 is 49.6 Å². The molecule has 1 amide bonds. The summed E-state index contributed by atoms with van der Waals surface area (Å²) in [6, 6.07) is 3.71. The highest BCUT2D eigenvalue weighted by Gasteiger charge is 2.22. The third-order valence-corrected chi connectivity index (χ3v) is 3.74. The third-order valence-electron chi connectivity index (χ3n) is 2.86. The lowest BCUT2D eigenvalue weighted by Crippen LogP contribution is -2.16. The van der Waals surface area contributed by atoms with Gasteiger partial charge in [-0.2, -0.15) is 8.42 Å². The average molecular weight is 354 g/mol. The van der Waals surface area contributed by atoms with Crippen LogP contribution < -0.4 is 5.32 Å². The zero-order valence-corrected chi connectivity index (χ0v) is 12.5. The number of phenols is 2. The molecule has 2 aromatic rings. The highest BCUT2D eigenvalue weighted by atomic mass is 32.2. The molecule has 0 fully saturated rings. The molecule has 1 aromatic carbocycles. The van der Waals surface area contributed by atoms with E-state index in [9.17, 15) is 28.2 Å². The number of anilines is 1. The lowest BCUT2D eigenvalue weighted by atomic mass is 10.1. The molecule has 0 unspecified atom stereocenters. The van der Waals surface area contributed by atoms with Crippen molar-refractivity contribution < 1.29 is 37.9 Å². The summed E-state index contributed by atoms with van der Waals surface area (Å²) >= 11 is 0. The summed E-state index contributed by atoms with van der Waals surface area (Å²) in [6.07, 6.45) is 1.20. The summed E-state index contributed by atoms with van der Waals surface area (Å²) in [5, 5.41) is 30.4. The van der Waals surface area contributed by atoms with Crippen molar-refractivity contribution in [3.63, 3.8) is 0 Å². The van der Waals surface area contributed by atoms with Gasteiger partial charge >= 0.3 is 5.97 Å². The summed E-state index contributed by atoms with van der Waals surface area (Å²) in [5.41, 5.74) is -1.17. The Hall–Kier alpha value is -3.18. The molecule has 0 radical (unpaired) electrons. The Morgan fingerprint density at radius 2 is 1.79 bits per heavy atom. The molecule has 0 spiro atoms. The van der Waals surface area contributed by atoms with Gasteiger partial charge in [-0.25, -0.2) is 9.78 Å². The molecule has 11 heteroatoms. The zero-order valence-electron chi connectivity index (χ0n) is 11.7. The molecule has 0 aliphatic heterocycles. The van der Waals surface area contributed by atoms with Gasteiger partial charge in [-0.1, -0.05) is 0 Å². The summed E-state index contributed by atoms with van der Waals surface area (Å²) in [7, 11) is -4.80. The van der Waals surface area contributed by atoms with Gasteiger partial charge in [0.25, 0.3) is 16.0 Å². The summed E-state index contributed by atoms with van der Waals surface area (Å²) < 4.78 is 30.9. The van der Waals surface area contributed by atoms with Crippen molar-refractivity contribution in [2.75, 3.05) is 5.32 Å². The number of aromatic hydroxyl groups is 2. The maximum absolute atomic E-state index is 12.1. The first kappa shape index (κ1) is 17.2. The molecule has 126 valence electrons. The second-order valence-electron chi connectivity index (χ2n) is 4.47. The number of carbonyl (C=O) groups is 2. The fourth-order valence-electron chi connectivity index (χ4n) is 1.81. The zero-order chi connectivity index (χ0) is 18.1. The van der Waals surface area contributed by atoms with Gasteiger partial charge in [0.1, 0.15) is 16.4 Å². The molecule has 1 aromatic heterocycles. The summed E-state index contributed by atoms with van der Waals surface area (Å²) in [6.45, 7) is 0. The van der Waals surface area contributed by atoms with Gasteiger partial charge in [0, 0.05) is 12.3 Å². The number of aromatic nitrogens is 1. The van der Waals surface area contributed by atoms with E-state index in [-0.39, 0.29) is 5.69 Å². The number of hydrogen-bond donors (Lipinski definition) is 5. The molecule has 1 heterocycles. The average Bonchev–Trinajstić information content (AvgIpc) is 2.48. The molecule has 5 N–H and O–H groups in total. The minimum atomic E-state index is -4.80. The second-order valence-corrected chi connectivity index (χ2v) is 5.86. The first-order valence-electron chi connectivity index (χ1n) is 6.14. The molecule has 0 saturated heterocycles. The number of pyridine rings is 1. The van der Waals surface area contributed by atoms with E-state index in [1.54, 1.807) is 0 Å². The molecule has 10 nitrogen and oxygen atoms in total. The van der Waals surface area contributed by atoms with Crippen LogP contribution in [0.4, 0.5) is 5.69 Å². The van der Waals surface area contributed by atoms with Gasteiger partial charge in [-0.15, -0.1) is 0 Å². The SMILES string of the molecule is O=C(Nc1cccnc1C(=O)O)c1cc(O)c(S(=O)(=O)O)cc1O. The van der Waals surface area contributed by atoms with Crippen molar-refractivity contribution in [1.82, 2.24) is 4.98 Å². The standard InChI is InChI=1S/C13H10N2O8S/c16-8-5-10(24(21,22)23)9(17)4-6(8)12(18)15-7-2-1-3-14-11(7)13(19)20/h1-5,16-17H,(H,15,18)(H,19,20)(H,21,22,23). The van der Waals surface area contributed by atoms with Gasteiger partial charge in [0.2, 0.25) is 0 Å². The van der Waals surface area contributed by atoms with Gasteiger partial charge in [-0.05, 0) is 18.2 Å². The molecule has 0 atom stereocenters. The number of benzene rings is 1. The Balaban J connectivity index is 2.42. The molecule has 0 aliphatic carbocycles. The quantitative estimate of drug-likeness (QED) is 0.391. The Labute approximate surface area is 134 Å². The van der Waals surface area contributed by atoms with Crippen LogP contribution in [0.1, 0.15) is 20.8 Å². The van der Waals surface area contributed by atoms with E-state index >= 15 is 0 Å². The lowest BCUT2D eigenvalue weighted by Gasteiger charge is -2.10.